The molecule has 1 heterocycles. The van der Waals surface area contributed by atoms with Crippen LogP contribution in [0.25, 0.3) is 0 Å². The Morgan fingerprint density at radius 1 is 1.09 bits per heavy atom. The molecule has 3 nitrogen and oxygen atoms in total. The van der Waals surface area contributed by atoms with E-state index >= 15 is 0 Å². The Hall–Kier alpha value is -0.220. The predicted octanol–water partition coefficient (Wildman–Crippen LogP) is 4.43. The number of hydrogen-bond acceptors (Lipinski definition) is 3. The third-order valence-corrected chi connectivity index (χ3v) is 6.84. The molecule has 3 fully saturated rings. The van der Waals surface area contributed by atoms with Crippen LogP contribution in [0.15, 0.2) is 0 Å². The normalized spacial score (nSPS) is 28.3. The minimum atomic E-state index is 0.388. The molecular weight excluding hydrogens is 292 g/mol. The molecular formula is C18H32N2OS. The zero-order valence-electron chi connectivity index (χ0n) is 14.1. The van der Waals surface area contributed by atoms with Crippen molar-refractivity contribution in [2.75, 3.05) is 12.9 Å². The van der Waals surface area contributed by atoms with Gasteiger partial charge < -0.3 is 4.90 Å². The quantitative estimate of drug-likeness (QED) is 0.533. The first-order chi connectivity index (χ1) is 10.8. The lowest BCUT2D eigenvalue weighted by Crippen LogP contribution is -2.39. The molecule has 1 saturated heterocycles. The molecule has 0 N–H and O–H groups in total. The summed E-state index contributed by atoms with van der Waals surface area (Å²) in [5.41, 5.74) is 0. The average Bonchev–Trinajstić information content (AvgIpc) is 3.41. The Labute approximate surface area is 140 Å². The summed E-state index contributed by atoms with van der Waals surface area (Å²) in [6, 6.07) is 1.18. The van der Waals surface area contributed by atoms with Crippen LogP contribution in [0.4, 0.5) is 0 Å². The molecule has 1 amide bonds. The maximum Gasteiger partial charge on any atom is 0.222 e. The first-order valence-electron chi connectivity index (χ1n) is 9.41. The summed E-state index contributed by atoms with van der Waals surface area (Å²) in [6.07, 6.45) is 15.2. The van der Waals surface area contributed by atoms with Gasteiger partial charge in [0.25, 0.3) is 0 Å². The molecule has 22 heavy (non-hydrogen) atoms. The van der Waals surface area contributed by atoms with Gasteiger partial charge in [-0.25, -0.2) is 4.31 Å². The second kappa shape index (κ2) is 8.05. The minimum absolute atomic E-state index is 0.388. The summed E-state index contributed by atoms with van der Waals surface area (Å²) >= 11 is 1.97. The van der Waals surface area contributed by atoms with E-state index in [9.17, 15) is 4.79 Å². The molecule has 3 aliphatic rings. The van der Waals surface area contributed by atoms with Crippen molar-refractivity contribution >= 4 is 17.9 Å². The smallest absolute Gasteiger partial charge is 0.222 e. The highest BCUT2D eigenvalue weighted by Gasteiger charge is 2.36. The zero-order valence-corrected chi connectivity index (χ0v) is 15.0. The van der Waals surface area contributed by atoms with E-state index in [0.717, 1.165) is 18.8 Å². The molecule has 0 spiro atoms. The SMILES string of the molecule is CN(C(=O)CCC(C1CCCCC1)N1CS1)C1CCCCC1. The van der Waals surface area contributed by atoms with E-state index in [4.69, 9.17) is 0 Å². The van der Waals surface area contributed by atoms with Crippen molar-refractivity contribution in [3.8, 4) is 0 Å². The molecule has 2 unspecified atom stereocenters. The van der Waals surface area contributed by atoms with Crippen molar-refractivity contribution in [1.82, 2.24) is 9.21 Å². The van der Waals surface area contributed by atoms with Crippen molar-refractivity contribution < 1.29 is 4.79 Å². The Morgan fingerprint density at radius 2 is 1.68 bits per heavy atom. The summed E-state index contributed by atoms with van der Waals surface area (Å²) < 4.78 is 2.53. The number of carbonyl (C=O) groups is 1. The number of rotatable bonds is 6. The highest BCUT2D eigenvalue weighted by molar-refractivity contribution is 8.03. The summed E-state index contributed by atoms with van der Waals surface area (Å²) in [4.78, 5) is 14.6. The first-order valence-corrected chi connectivity index (χ1v) is 10.3. The van der Waals surface area contributed by atoms with Crippen LogP contribution in [0.1, 0.15) is 77.0 Å². The summed E-state index contributed by atoms with van der Waals surface area (Å²) in [5.74, 6) is 2.42. The van der Waals surface area contributed by atoms with Gasteiger partial charge in [-0.3, -0.25) is 4.79 Å². The predicted molar refractivity (Wildman–Crippen MR) is 93.5 cm³/mol. The molecule has 1 aliphatic heterocycles. The number of carbonyl (C=O) groups excluding carboxylic acids is 1. The molecule has 4 heteroatoms. The van der Waals surface area contributed by atoms with Gasteiger partial charge in [-0.15, -0.1) is 0 Å². The van der Waals surface area contributed by atoms with Gasteiger partial charge in [0.15, 0.2) is 0 Å². The largest absolute Gasteiger partial charge is 0.343 e. The van der Waals surface area contributed by atoms with Gasteiger partial charge in [-0.2, -0.15) is 0 Å². The van der Waals surface area contributed by atoms with Crippen LogP contribution in [-0.4, -0.2) is 40.1 Å². The van der Waals surface area contributed by atoms with Crippen LogP contribution in [0.5, 0.6) is 0 Å². The van der Waals surface area contributed by atoms with Gasteiger partial charge in [-0.1, -0.05) is 50.5 Å². The lowest BCUT2D eigenvalue weighted by atomic mass is 9.82. The second-order valence-electron chi connectivity index (χ2n) is 7.48. The Morgan fingerprint density at radius 3 is 2.27 bits per heavy atom. The molecule has 0 aromatic heterocycles. The maximum atomic E-state index is 12.6. The van der Waals surface area contributed by atoms with Gasteiger partial charge in [0, 0.05) is 25.6 Å². The first kappa shape index (κ1) is 16.6. The van der Waals surface area contributed by atoms with Crippen molar-refractivity contribution in [2.45, 2.75) is 89.1 Å². The van der Waals surface area contributed by atoms with Gasteiger partial charge >= 0.3 is 0 Å². The fraction of sp³-hybridized carbons (Fsp3) is 0.944. The zero-order chi connectivity index (χ0) is 15.4. The van der Waals surface area contributed by atoms with Crippen LogP contribution in [0.3, 0.4) is 0 Å². The summed E-state index contributed by atoms with van der Waals surface area (Å²) in [7, 11) is 2.04. The Kier molecular flexibility index (Phi) is 6.09. The third kappa shape index (κ3) is 4.41. The van der Waals surface area contributed by atoms with Gasteiger partial charge in [-0.05, 0) is 38.0 Å². The van der Waals surface area contributed by atoms with Crippen molar-refractivity contribution in [1.29, 1.82) is 0 Å². The summed E-state index contributed by atoms with van der Waals surface area (Å²) in [6.45, 7) is 0. The van der Waals surface area contributed by atoms with Crippen LogP contribution in [0, 0.1) is 5.92 Å². The van der Waals surface area contributed by atoms with Crippen LogP contribution in [0.2, 0.25) is 0 Å². The molecule has 2 atom stereocenters. The van der Waals surface area contributed by atoms with E-state index in [-0.39, 0.29) is 0 Å². The lowest BCUT2D eigenvalue weighted by Gasteiger charge is -2.33. The standard InChI is InChI=1S/C18H32N2OS/c1-19(16-10-6-3-7-11-16)18(21)13-12-17(20-14-22-20)15-8-4-2-5-9-15/h15-17H,2-14H2,1H3. The molecule has 0 radical (unpaired) electrons. The number of amides is 1. The topological polar surface area (TPSA) is 23.3 Å². The fourth-order valence-corrected chi connectivity index (χ4v) is 5.21. The number of hydrogen-bond donors (Lipinski definition) is 0. The Bertz CT molecular complexity index is 360. The van der Waals surface area contributed by atoms with E-state index in [1.807, 2.05) is 19.0 Å². The van der Waals surface area contributed by atoms with Crippen LogP contribution in [-0.2, 0) is 4.79 Å². The van der Waals surface area contributed by atoms with E-state index in [2.05, 4.69) is 9.21 Å². The molecule has 0 aromatic carbocycles. The highest BCUT2D eigenvalue weighted by atomic mass is 32.2. The second-order valence-corrected chi connectivity index (χ2v) is 8.46. The molecule has 0 aromatic rings. The van der Waals surface area contributed by atoms with Crippen molar-refractivity contribution in [3.63, 3.8) is 0 Å². The summed E-state index contributed by atoms with van der Waals surface area (Å²) in [5, 5.41) is 0. The highest BCUT2D eigenvalue weighted by Crippen LogP contribution is 2.41. The lowest BCUT2D eigenvalue weighted by molar-refractivity contribution is -0.132. The molecule has 2 saturated carbocycles. The third-order valence-electron chi connectivity index (χ3n) is 6.01. The molecule has 2 aliphatic carbocycles. The molecule has 0 bridgehead atoms. The fourth-order valence-electron chi connectivity index (χ4n) is 4.48. The van der Waals surface area contributed by atoms with Crippen molar-refractivity contribution in [2.24, 2.45) is 5.92 Å². The minimum Gasteiger partial charge on any atom is -0.343 e. The molecule has 3 rings (SSSR count). The van der Waals surface area contributed by atoms with E-state index in [1.165, 1.54) is 70.1 Å². The monoisotopic (exact) mass is 324 g/mol. The maximum absolute atomic E-state index is 12.6. The van der Waals surface area contributed by atoms with Crippen LogP contribution < -0.4 is 0 Å². The van der Waals surface area contributed by atoms with Crippen molar-refractivity contribution in [3.05, 3.63) is 0 Å². The van der Waals surface area contributed by atoms with E-state index in [0.29, 0.717) is 18.0 Å². The number of nitrogens with zero attached hydrogens (tertiary/aromatic N) is 2. The van der Waals surface area contributed by atoms with Gasteiger partial charge in [0.1, 0.15) is 0 Å². The van der Waals surface area contributed by atoms with Crippen LogP contribution >= 0.6 is 11.9 Å². The average molecular weight is 325 g/mol. The van der Waals surface area contributed by atoms with E-state index in [1.54, 1.807) is 0 Å². The van der Waals surface area contributed by atoms with Gasteiger partial charge in [0.2, 0.25) is 5.91 Å². The van der Waals surface area contributed by atoms with E-state index < -0.39 is 0 Å². The molecule has 126 valence electrons. The Balaban J connectivity index is 1.47. The van der Waals surface area contributed by atoms with Gasteiger partial charge in [0.05, 0.1) is 5.88 Å².